The number of nitrogens with zero attached hydrogens (tertiary/aromatic N) is 1. The zero-order chi connectivity index (χ0) is 22.1. The average Bonchev–Trinajstić information content (AvgIpc) is 3.37. The summed E-state index contributed by atoms with van der Waals surface area (Å²) in [4.78, 5) is 0. The van der Waals surface area contributed by atoms with E-state index in [-0.39, 0.29) is 0 Å². The van der Waals surface area contributed by atoms with Crippen LogP contribution in [0.15, 0.2) is 101 Å². The molecular formula is C28H18BNO3. The summed E-state index contributed by atoms with van der Waals surface area (Å²) in [6.07, 6.45) is 0. The van der Waals surface area contributed by atoms with Crippen LogP contribution >= 0.6 is 0 Å². The van der Waals surface area contributed by atoms with Gasteiger partial charge >= 0.3 is 7.12 Å². The molecule has 5 aromatic carbocycles. The first-order valence-electron chi connectivity index (χ1n) is 10.9. The lowest BCUT2D eigenvalue weighted by Gasteiger charge is -2.12. The second-order valence-corrected chi connectivity index (χ2v) is 8.45. The third-order valence-electron chi connectivity index (χ3n) is 6.56. The Kier molecular flexibility index (Phi) is 3.77. The Morgan fingerprint density at radius 3 is 2.12 bits per heavy atom. The van der Waals surface area contributed by atoms with Gasteiger partial charge in [0.2, 0.25) is 0 Å². The molecule has 0 aliphatic rings. The minimum absolute atomic E-state index is 0.392. The van der Waals surface area contributed by atoms with E-state index in [1.54, 1.807) is 6.07 Å². The maximum atomic E-state index is 10.1. The van der Waals surface area contributed by atoms with Gasteiger partial charge in [-0.2, -0.15) is 0 Å². The van der Waals surface area contributed by atoms with E-state index in [0.29, 0.717) is 11.0 Å². The highest BCUT2D eigenvalue weighted by atomic mass is 16.4. The first kappa shape index (κ1) is 18.5. The molecule has 0 aliphatic heterocycles. The lowest BCUT2D eigenvalue weighted by Crippen LogP contribution is -2.30. The highest BCUT2D eigenvalue weighted by molar-refractivity contribution is 6.59. The Morgan fingerprint density at radius 2 is 1.30 bits per heavy atom. The molecule has 0 amide bonds. The molecule has 0 bridgehead atoms. The molecule has 0 aliphatic carbocycles. The van der Waals surface area contributed by atoms with E-state index in [4.69, 9.17) is 4.42 Å². The van der Waals surface area contributed by atoms with Gasteiger partial charge in [0.15, 0.2) is 0 Å². The van der Waals surface area contributed by atoms with Gasteiger partial charge in [-0.25, -0.2) is 0 Å². The largest absolute Gasteiger partial charge is 0.488 e. The van der Waals surface area contributed by atoms with Crippen molar-refractivity contribution in [3.8, 4) is 5.69 Å². The number of aromatic nitrogens is 1. The standard InChI is InChI=1S/C28H18BNO3/c31-29(32)19-15-25(28-21-10-4-6-12-26(21)33-27(28)16-19)30-23-11-5-3-9-20(23)22-13-17-7-1-2-8-18(17)14-24(22)30/h1-16,31-32H. The molecule has 0 fully saturated rings. The van der Waals surface area contributed by atoms with Crippen LogP contribution in [0.1, 0.15) is 0 Å². The van der Waals surface area contributed by atoms with E-state index in [1.807, 2.05) is 42.5 Å². The number of fused-ring (bicyclic) bond motifs is 7. The molecular weight excluding hydrogens is 409 g/mol. The lowest BCUT2D eigenvalue weighted by atomic mass is 9.79. The fourth-order valence-electron chi connectivity index (χ4n) is 5.09. The molecule has 2 N–H and O–H groups in total. The van der Waals surface area contributed by atoms with Gasteiger partial charge in [0, 0.05) is 16.2 Å². The van der Waals surface area contributed by atoms with E-state index < -0.39 is 7.12 Å². The zero-order valence-electron chi connectivity index (χ0n) is 17.6. The molecule has 4 nitrogen and oxygen atoms in total. The van der Waals surface area contributed by atoms with Crippen LogP contribution in [0.3, 0.4) is 0 Å². The SMILES string of the molecule is OB(O)c1cc(-n2c3ccccc3c3cc4ccccc4cc32)c2c(c1)oc1ccccc12. The van der Waals surface area contributed by atoms with Gasteiger partial charge in [-0.3, -0.25) is 0 Å². The maximum Gasteiger partial charge on any atom is 0.488 e. The topological polar surface area (TPSA) is 58.5 Å². The van der Waals surface area contributed by atoms with Crippen molar-refractivity contribution in [1.82, 2.24) is 4.57 Å². The molecule has 0 radical (unpaired) electrons. The van der Waals surface area contributed by atoms with Crippen LogP contribution < -0.4 is 5.46 Å². The highest BCUT2D eigenvalue weighted by Gasteiger charge is 2.22. The second kappa shape index (κ2) is 6.72. The van der Waals surface area contributed by atoms with Crippen molar-refractivity contribution in [2.45, 2.75) is 0 Å². The van der Waals surface area contributed by atoms with Crippen LogP contribution in [-0.4, -0.2) is 21.7 Å². The van der Waals surface area contributed by atoms with Gasteiger partial charge in [0.25, 0.3) is 0 Å². The molecule has 0 spiro atoms. The van der Waals surface area contributed by atoms with Gasteiger partial charge in [0.05, 0.1) is 22.1 Å². The van der Waals surface area contributed by atoms with Crippen LogP contribution in [-0.2, 0) is 0 Å². The highest BCUT2D eigenvalue weighted by Crippen LogP contribution is 2.39. The monoisotopic (exact) mass is 427 g/mol. The first-order valence-corrected chi connectivity index (χ1v) is 10.9. The lowest BCUT2D eigenvalue weighted by molar-refractivity contribution is 0.425. The Labute approximate surface area is 189 Å². The fraction of sp³-hybridized carbons (Fsp3) is 0. The van der Waals surface area contributed by atoms with Gasteiger partial charge in [-0.15, -0.1) is 0 Å². The summed E-state index contributed by atoms with van der Waals surface area (Å²) in [7, 11) is -1.60. The summed E-state index contributed by atoms with van der Waals surface area (Å²) in [6.45, 7) is 0. The van der Waals surface area contributed by atoms with Gasteiger partial charge in [-0.1, -0.05) is 60.7 Å². The van der Waals surface area contributed by atoms with Crippen LogP contribution in [0.25, 0.3) is 60.2 Å². The summed E-state index contributed by atoms with van der Waals surface area (Å²) in [5.41, 5.74) is 4.77. The number of hydrogen-bond acceptors (Lipinski definition) is 3. The minimum atomic E-state index is -1.60. The van der Waals surface area contributed by atoms with Gasteiger partial charge < -0.3 is 19.0 Å². The predicted molar refractivity (Wildman–Crippen MR) is 135 cm³/mol. The zero-order valence-corrected chi connectivity index (χ0v) is 17.6. The molecule has 2 heterocycles. The van der Waals surface area contributed by atoms with Crippen molar-refractivity contribution in [1.29, 1.82) is 0 Å². The third kappa shape index (κ3) is 2.61. The van der Waals surface area contributed by atoms with Gasteiger partial charge in [-0.05, 0) is 52.6 Å². The summed E-state index contributed by atoms with van der Waals surface area (Å²) >= 11 is 0. The van der Waals surface area contributed by atoms with E-state index in [9.17, 15) is 10.0 Å². The van der Waals surface area contributed by atoms with Gasteiger partial charge in [0.1, 0.15) is 11.2 Å². The molecule has 0 unspecified atom stereocenters. The first-order chi connectivity index (χ1) is 16.2. The minimum Gasteiger partial charge on any atom is -0.456 e. The molecule has 7 aromatic rings. The molecule has 5 heteroatoms. The van der Waals surface area contributed by atoms with Crippen LogP contribution in [0.4, 0.5) is 0 Å². The summed E-state index contributed by atoms with van der Waals surface area (Å²) in [5.74, 6) is 0. The van der Waals surface area contributed by atoms with Crippen molar-refractivity contribution in [3.05, 3.63) is 97.1 Å². The normalized spacial score (nSPS) is 11.9. The van der Waals surface area contributed by atoms with Crippen molar-refractivity contribution in [2.75, 3.05) is 0 Å². The quantitative estimate of drug-likeness (QED) is 0.358. The molecule has 0 saturated carbocycles. The smallest absolute Gasteiger partial charge is 0.456 e. The van der Waals surface area contributed by atoms with Crippen molar-refractivity contribution in [3.63, 3.8) is 0 Å². The fourth-order valence-corrected chi connectivity index (χ4v) is 5.09. The van der Waals surface area contributed by atoms with Crippen molar-refractivity contribution < 1.29 is 14.5 Å². The molecule has 2 aromatic heterocycles. The predicted octanol–water partition coefficient (Wildman–Crippen LogP) is 5.52. The number of rotatable bonds is 2. The second-order valence-electron chi connectivity index (χ2n) is 8.45. The Morgan fingerprint density at radius 1 is 0.606 bits per heavy atom. The molecule has 0 saturated heterocycles. The maximum absolute atomic E-state index is 10.1. The average molecular weight is 427 g/mol. The molecule has 7 rings (SSSR count). The summed E-state index contributed by atoms with van der Waals surface area (Å²) in [6, 6.07) is 32.6. The van der Waals surface area contributed by atoms with Crippen molar-refractivity contribution in [2.24, 2.45) is 0 Å². The third-order valence-corrected chi connectivity index (χ3v) is 6.56. The van der Waals surface area contributed by atoms with Crippen LogP contribution in [0.5, 0.6) is 0 Å². The van der Waals surface area contributed by atoms with E-state index in [2.05, 4.69) is 53.1 Å². The van der Waals surface area contributed by atoms with E-state index in [0.717, 1.165) is 49.2 Å². The number of furan rings is 1. The summed E-state index contributed by atoms with van der Waals surface area (Å²) in [5, 5.41) is 26.7. The Bertz CT molecular complexity index is 1860. The molecule has 156 valence electrons. The van der Waals surface area contributed by atoms with Crippen LogP contribution in [0.2, 0.25) is 0 Å². The van der Waals surface area contributed by atoms with Crippen LogP contribution in [0, 0.1) is 0 Å². The number of hydrogen-bond donors (Lipinski definition) is 2. The van der Waals surface area contributed by atoms with E-state index in [1.165, 1.54) is 5.39 Å². The molecule has 33 heavy (non-hydrogen) atoms. The number of para-hydroxylation sites is 2. The van der Waals surface area contributed by atoms with Crippen molar-refractivity contribution >= 4 is 67.1 Å². The van der Waals surface area contributed by atoms with E-state index >= 15 is 0 Å². The Balaban J connectivity index is 1.73. The number of benzene rings is 5. The molecule has 0 atom stereocenters. The summed E-state index contributed by atoms with van der Waals surface area (Å²) < 4.78 is 8.36. The Hall–Kier alpha value is -4.06.